The van der Waals surface area contributed by atoms with E-state index in [0.717, 1.165) is 58.1 Å². The van der Waals surface area contributed by atoms with Gasteiger partial charge in [0.1, 0.15) is 17.5 Å². The lowest BCUT2D eigenvalue weighted by molar-refractivity contribution is -0.131. The molecule has 0 aliphatic carbocycles. The van der Waals surface area contributed by atoms with Crippen molar-refractivity contribution < 1.29 is 9.18 Å². The quantitative estimate of drug-likeness (QED) is 0.393. The van der Waals surface area contributed by atoms with Crippen LogP contribution < -0.4 is 4.90 Å². The number of H-pyrrole nitrogens is 1. The number of nitrogens with one attached hydrogen (secondary N) is 1. The second-order valence-electron chi connectivity index (χ2n) is 9.78. The zero-order valence-corrected chi connectivity index (χ0v) is 21.1. The zero-order chi connectivity index (χ0) is 25.2. The maximum absolute atomic E-state index is 13.5. The minimum atomic E-state index is -0.261. The van der Waals surface area contributed by atoms with Gasteiger partial charge >= 0.3 is 0 Å². The molecule has 6 nitrogen and oxygen atoms in total. The molecule has 1 N–H and O–H groups in total. The van der Waals surface area contributed by atoms with Crippen LogP contribution in [0.1, 0.15) is 43.3 Å². The molecule has 0 unspecified atom stereocenters. The van der Waals surface area contributed by atoms with Crippen LogP contribution in [0.5, 0.6) is 0 Å². The van der Waals surface area contributed by atoms with Crippen molar-refractivity contribution in [3.05, 3.63) is 77.5 Å². The van der Waals surface area contributed by atoms with E-state index in [-0.39, 0.29) is 17.6 Å². The van der Waals surface area contributed by atoms with Crippen molar-refractivity contribution in [2.24, 2.45) is 0 Å². The molecule has 2 aromatic heterocycles. The van der Waals surface area contributed by atoms with Gasteiger partial charge in [-0.2, -0.15) is 0 Å². The van der Waals surface area contributed by atoms with E-state index < -0.39 is 0 Å². The van der Waals surface area contributed by atoms with E-state index in [1.807, 2.05) is 36.1 Å². The number of hydrogen-bond donors (Lipinski definition) is 1. The Balaban J connectivity index is 1.27. The molecule has 4 aromatic rings. The molecule has 1 fully saturated rings. The number of nitrogens with zero attached hydrogens (tertiary/aromatic N) is 4. The molecule has 0 bridgehead atoms. The summed E-state index contributed by atoms with van der Waals surface area (Å²) in [5.41, 5.74) is 4.96. The maximum Gasteiger partial charge on any atom is 0.223 e. The summed E-state index contributed by atoms with van der Waals surface area (Å²) in [6.07, 6.45) is 1.05. The molecule has 3 heterocycles. The number of amides is 1. The van der Waals surface area contributed by atoms with Crippen LogP contribution in [0.2, 0.25) is 0 Å². The van der Waals surface area contributed by atoms with Crippen molar-refractivity contribution >= 4 is 22.6 Å². The van der Waals surface area contributed by atoms with Gasteiger partial charge in [-0.1, -0.05) is 32.0 Å². The Kier molecular flexibility index (Phi) is 6.72. The van der Waals surface area contributed by atoms with Crippen molar-refractivity contribution in [2.75, 3.05) is 31.1 Å². The van der Waals surface area contributed by atoms with Crippen molar-refractivity contribution in [1.29, 1.82) is 0 Å². The predicted octanol–water partition coefficient (Wildman–Crippen LogP) is 5.48. The molecule has 7 heteroatoms. The molecule has 5 rings (SSSR count). The van der Waals surface area contributed by atoms with E-state index in [1.54, 1.807) is 12.1 Å². The van der Waals surface area contributed by atoms with E-state index in [9.17, 15) is 9.18 Å². The number of benzene rings is 2. The number of halogens is 1. The fourth-order valence-corrected chi connectivity index (χ4v) is 4.89. The molecule has 36 heavy (non-hydrogen) atoms. The monoisotopic (exact) mass is 485 g/mol. The van der Waals surface area contributed by atoms with Gasteiger partial charge in [-0.15, -0.1) is 0 Å². The van der Waals surface area contributed by atoms with Crippen LogP contribution in [-0.4, -0.2) is 51.9 Å². The summed E-state index contributed by atoms with van der Waals surface area (Å²) in [5, 5.41) is 1.11. The Morgan fingerprint density at radius 3 is 2.47 bits per heavy atom. The molecular formula is C29H32FN5O. The molecular weight excluding hydrogens is 453 g/mol. The highest BCUT2D eigenvalue weighted by Gasteiger charge is 2.23. The highest BCUT2D eigenvalue weighted by atomic mass is 19.1. The topological polar surface area (TPSA) is 65.1 Å². The van der Waals surface area contributed by atoms with E-state index in [0.29, 0.717) is 25.9 Å². The summed E-state index contributed by atoms with van der Waals surface area (Å²) in [7, 11) is 0. The third-order valence-electron chi connectivity index (χ3n) is 6.87. The molecule has 0 radical (unpaired) electrons. The fraction of sp³-hybridized carbons (Fsp3) is 0.345. The van der Waals surface area contributed by atoms with Crippen LogP contribution in [0.15, 0.2) is 54.6 Å². The van der Waals surface area contributed by atoms with Gasteiger partial charge in [-0.25, -0.2) is 14.4 Å². The van der Waals surface area contributed by atoms with E-state index in [4.69, 9.17) is 4.98 Å². The van der Waals surface area contributed by atoms with E-state index in [1.165, 1.54) is 12.1 Å². The third-order valence-corrected chi connectivity index (χ3v) is 6.87. The van der Waals surface area contributed by atoms with Gasteiger partial charge in [-0.3, -0.25) is 4.79 Å². The molecule has 186 valence electrons. The number of aryl methyl sites for hydroxylation is 2. The van der Waals surface area contributed by atoms with Gasteiger partial charge in [0, 0.05) is 66.9 Å². The van der Waals surface area contributed by atoms with Crippen LogP contribution in [0.3, 0.4) is 0 Å². The lowest BCUT2D eigenvalue weighted by atomic mass is 10.0. The largest absolute Gasteiger partial charge is 0.354 e. The van der Waals surface area contributed by atoms with E-state index in [2.05, 4.69) is 34.8 Å². The minimum absolute atomic E-state index is 0.159. The van der Waals surface area contributed by atoms with Gasteiger partial charge in [0.15, 0.2) is 0 Å². The third kappa shape index (κ3) is 4.96. The van der Waals surface area contributed by atoms with Crippen LogP contribution in [-0.2, 0) is 11.2 Å². The molecule has 1 aliphatic rings. The first-order chi connectivity index (χ1) is 17.4. The molecule has 0 atom stereocenters. The van der Waals surface area contributed by atoms with Gasteiger partial charge in [-0.05, 0) is 54.8 Å². The predicted molar refractivity (Wildman–Crippen MR) is 142 cm³/mol. The van der Waals surface area contributed by atoms with Gasteiger partial charge in [0.05, 0.1) is 0 Å². The van der Waals surface area contributed by atoms with Crippen molar-refractivity contribution in [3.63, 3.8) is 0 Å². The highest BCUT2D eigenvalue weighted by Crippen LogP contribution is 2.31. The van der Waals surface area contributed by atoms with Crippen molar-refractivity contribution in [2.45, 2.75) is 39.5 Å². The minimum Gasteiger partial charge on any atom is -0.354 e. The number of aromatic amines is 1. The van der Waals surface area contributed by atoms with Crippen LogP contribution in [0.4, 0.5) is 10.2 Å². The lowest BCUT2D eigenvalue weighted by Gasteiger charge is -2.35. The Morgan fingerprint density at radius 2 is 1.75 bits per heavy atom. The number of fused-ring (bicyclic) bond motifs is 1. The van der Waals surface area contributed by atoms with Crippen LogP contribution in [0, 0.1) is 12.7 Å². The number of para-hydroxylation sites is 1. The summed E-state index contributed by atoms with van der Waals surface area (Å²) in [4.78, 5) is 30.2. The second-order valence-corrected chi connectivity index (χ2v) is 9.78. The maximum atomic E-state index is 13.5. The molecule has 1 saturated heterocycles. The van der Waals surface area contributed by atoms with E-state index >= 15 is 0 Å². The van der Waals surface area contributed by atoms with Crippen molar-refractivity contribution in [1.82, 2.24) is 19.9 Å². The second kappa shape index (κ2) is 10.1. The fourth-order valence-electron chi connectivity index (χ4n) is 4.89. The molecule has 1 amide bonds. The number of rotatable bonds is 6. The van der Waals surface area contributed by atoms with Crippen molar-refractivity contribution in [3.8, 4) is 11.3 Å². The van der Waals surface area contributed by atoms with Crippen LogP contribution >= 0.6 is 0 Å². The first-order valence-electron chi connectivity index (χ1n) is 12.6. The number of carbonyl (C=O) groups excluding carboxylic acids is 1. The molecule has 1 aliphatic heterocycles. The van der Waals surface area contributed by atoms with Gasteiger partial charge in [0.25, 0.3) is 0 Å². The summed E-state index contributed by atoms with van der Waals surface area (Å²) < 4.78 is 13.5. The average molecular weight is 486 g/mol. The Bertz CT molecular complexity index is 1370. The Hall–Kier alpha value is -3.74. The average Bonchev–Trinajstić information content (AvgIpc) is 3.26. The first kappa shape index (κ1) is 24.0. The standard InChI is InChI=1S/C29H32FN5O/c1-19(2)29-31-20(3)18-26(33-29)34-14-16-35(17-15-34)27(36)13-12-24-23-6-4-5-7-25(23)32-28(24)21-8-10-22(30)11-9-21/h4-11,18-19,32H,12-17H2,1-3H3. The molecule has 0 spiro atoms. The normalized spacial score (nSPS) is 14.1. The lowest BCUT2D eigenvalue weighted by Crippen LogP contribution is -2.49. The summed E-state index contributed by atoms with van der Waals surface area (Å²) in [6, 6.07) is 16.6. The van der Waals surface area contributed by atoms with Gasteiger partial charge < -0.3 is 14.8 Å². The highest BCUT2D eigenvalue weighted by molar-refractivity contribution is 5.91. The smallest absolute Gasteiger partial charge is 0.223 e. The molecule has 2 aromatic carbocycles. The van der Waals surface area contributed by atoms with Crippen LogP contribution in [0.25, 0.3) is 22.2 Å². The summed E-state index contributed by atoms with van der Waals surface area (Å²) in [5.74, 6) is 1.98. The first-order valence-corrected chi connectivity index (χ1v) is 12.6. The zero-order valence-electron chi connectivity index (χ0n) is 21.1. The number of carbonyl (C=O) groups is 1. The number of piperazine rings is 1. The SMILES string of the molecule is Cc1cc(N2CCN(C(=O)CCc3c(-c4ccc(F)cc4)[nH]c4ccccc34)CC2)nc(C(C)C)n1. The summed E-state index contributed by atoms with van der Waals surface area (Å²) >= 11 is 0. The number of hydrogen-bond acceptors (Lipinski definition) is 4. The molecule has 0 saturated carbocycles. The Labute approximate surface area is 211 Å². The summed E-state index contributed by atoms with van der Waals surface area (Å²) in [6.45, 7) is 9.08. The van der Waals surface area contributed by atoms with Gasteiger partial charge in [0.2, 0.25) is 5.91 Å². The Morgan fingerprint density at radius 1 is 1.03 bits per heavy atom. The number of aromatic nitrogens is 3. The number of anilines is 1.